The summed E-state index contributed by atoms with van der Waals surface area (Å²) in [6, 6.07) is 0.694. The highest BCUT2D eigenvalue weighted by Gasteiger charge is 2.32. The molecule has 0 fully saturated rings. The van der Waals surface area contributed by atoms with E-state index >= 15 is 0 Å². The molecule has 1 unspecified atom stereocenters. The number of thiophene rings is 1. The molecule has 0 aromatic carbocycles. The Morgan fingerprint density at radius 2 is 2.00 bits per heavy atom. The first-order chi connectivity index (χ1) is 8.25. The molecule has 0 saturated heterocycles. The molecule has 100 valence electrons. The summed E-state index contributed by atoms with van der Waals surface area (Å²) < 4.78 is 0.876. The van der Waals surface area contributed by atoms with E-state index < -0.39 is 12.0 Å². The van der Waals surface area contributed by atoms with E-state index in [2.05, 4.69) is 15.9 Å². The van der Waals surface area contributed by atoms with Gasteiger partial charge < -0.3 is 10.0 Å². The molecule has 0 aliphatic carbocycles. The average molecular weight is 334 g/mol. The number of carboxylic acids is 1. The number of nitrogens with zero attached hydrogens (tertiary/aromatic N) is 1. The summed E-state index contributed by atoms with van der Waals surface area (Å²) >= 11 is 4.76. The molecule has 1 amide bonds. The van der Waals surface area contributed by atoms with Crippen LogP contribution in [0.4, 0.5) is 0 Å². The van der Waals surface area contributed by atoms with Gasteiger partial charge in [-0.3, -0.25) is 4.79 Å². The fourth-order valence-electron chi connectivity index (χ4n) is 1.84. The maximum Gasteiger partial charge on any atom is 0.331 e. The van der Waals surface area contributed by atoms with Gasteiger partial charge in [0.2, 0.25) is 5.91 Å². The number of rotatable bonds is 4. The summed E-state index contributed by atoms with van der Waals surface area (Å²) in [7, 11) is 0. The Bertz CT molecular complexity index is 450. The van der Waals surface area contributed by atoms with Crippen LogP contribution >= 0.6 is 27.3 Å². The molecule has 1 rings (SSSR count). The third kappa shape index (κ3) is 3.11. The zero-order valence-electron chi connectivity index (χ0n) is 10.7. The van der Waals surface area contributed by atoms with Crippen LogP contribution < -0.4 is 0 Å². The SMILES string of the molecule is CC(=O)N(C(C)C)C(C(=O)O)c1cc(Br)c(C)s1. The minimum Gasteiger partial charge on any atom is -0.479 e. The third-order valence-electron chi connectivity index (χ3n) is 2.58. The van der Waals surface area contributed by atoms with Gasteiger partial charge in [-0.2, -0.15) is 0 Å². The Balaban J connectivity index is 3.24. The van der Waals surface area contributed by atoms with Gasteiger partial charge in [-0.25, -0.2) is 4.79 Å². The third-order valence-corrected chi connectivity index (χ3v) is 4.77. The average Bonchev–Trinajstić information content (AvgIpc) is 2.53. The lowest BCUT2D eigenvalue weighted by atomic mass is 10.1. The Morgan fingerprint density at radius 1 is 1.44 bits per heavy atom. The quantitative estimate of drug-likeness (QED) is 0.920. The van der Waals surface area contributed by atoms with Crippen molar-refractivity contribution < 1.29 is 14.7 Å². The molecular weight excluding hydrogens is 318 g/mol. The van der Waals surface area contributed by atoms with Gasteiger partial charge in [0.05, 0.1) is 0 Å². The Morgan fingerprint density at radius 3 is 2.28 bits per heavy atom. The summed E-state index contributed by atoms with van der Waals surface area (Å²) in [4.78, 5) is 26.2. The molecular formula is C12H16BrNO3S. The predicted molar refractivity (Wildman–Crippen MR) is 74.8 cm³/mol. The monoisotopic (exact) mass is 333 g/mol. The highest BCUT2D eigenvalue weighted by atomic mass is 79.9. The summed E-state index contributed by atoms with van der Waals surface area (Å²) in [5.41, 5.74) is 0. The van der Waals surface area contributed by atoms with Gasteiger partial charge in [0, 0.05) is 27.2 Å². The first-order valence-corrected chi connectivity index (χ1v) is 7.14. The summed E-state index contributed by atoms with van der Waals surface area (Å²) in [6.45, 7) is 6.93. The van der Waals surface area contributed by atoms with E-state index in [1.807, 2.05) is 20.8 Å². The number of carboxylic acid groups (broad SMARTS) is 1. The minimum absolute atomic E-state index is 0.162. The van der Waals surface area contributed by atoms with Gasteiger partial charge in [-0.15, -0.1) is 11.3 Å². The lowest BCUT2D eigenvalue weighted by molar-refractivity contribution is -0.151. The Hall–Kier alpha value is -0.880. The lowest BCUT2D eigenvalue weighted by Crippen LogP contribution is -2.41. The van der Waals surface area contributed by atoms with Crippen LogP contribution in [-0.4, -0.2) is 27.9 Å². The van der Waals surface area contributed by atoms with Crippen molar-refractivity contribution in [3.05, 3.63) is 20.3 Å². The van der Waals surface area contributed by atoms with E-state index in [1.54, 1.807) is 6.07 Å². The molecule has 0 spiro atoms. The standard InChI is InChI=1S/C12H16BrNO3S/c1-6(2)14(8(4)15)11(12(16)17)10-5-9(13)7(3)18-10/h5-6,11H,1-4H3,(H,16,17). The smallest absolute Gasteiger partial charge is 0.331 e. The molecule has 1 heterocycles. The molecule has 1 aromatic heterocycles. The van der Waals surface area contributed by atoms with Gasteiger partial charge in [-0.05, 0) is 42.8 Å². The van der Waals surface area contributed by atoms with Crippen LogP contribution in [0.15, 0.2) is 10.5 Å². The van der Waals surface area contributed by atoms with E-state index in [4.69, 9.17) is 0 Å². The van der Waals surface area contributed by atoms with Crippen molar-refractivity contribution in [1.29, 1.82) is 0 Å². The first-order valence-electron chi connectivity index (χ1n) is 5.53. The molecule has 0 aliphatic rings. The minimum atomic E-state index is -1.01. The Kier molecular flexibility index (Phi) is 4.92. The molecule has 1 N–H and O–H groups in total. The number of hydrogen-bond donors (Lipinski definition) is 1. The van der Waals surface area contributed by atoms with E-state index in [9.17, 15) is 14.7 Å². The predicted octanol–water partition coefficient (Wildman–Crippen LogP) is 3.20. The van der Waals surface area contributed by atoms with Gasteiger partial charge >= 0.3 is 5.97 Å². The molecule has 1 aromatic rings. The maximum absolute atomic E-state index is 11.7. The molecule has 0 saturated carbocycles. The zero-order valence-corrected chi connectivity index (χ0v) is 13.1. The number of carbonyl (C=O) groups is 2. The van der Waals surface area contributed by atoms with Crippen LogP contribution in [0.5, 0.6) is 0 Å². The van der Waals surface area contributed by atoms with E-state index in [0.29, 0.717) is 4.88 Å². The molecule has 6 heteroatoms. The topological polar surface area (TPSA) is 57.6 Å². The summed E-state index contributed by atoms with van der Waals surface area (Å²) in [5.74, 6) is -1.24. The van der Waals surface area contributed by atoms with E-state index in [0.717, 1.165) is 9.35 Å². The van der Waals surface area contributed by atoms with Gasteiger partial charge in [0.1, 0.15) is 0 Å². The lowest BCUT2D eigenvalue weighted by Gasteiger charge is -2.30. The number of carbonyl (C=O) groups excluding carboxylic acids is 1. The first kappa shape index (κ1) is 15.2. The van der Waals surface area contributed by atoms with Crippen LogP contribution in [0.25, 0.3) is 0 Å². The molecule has 0 radical (unpaired) electrons. The number of aryl methyl sites for hydroxylation is 1. The van der Waals surface area contributed by atoms with E-state index in [-0.39, 0.29) is 11.9 Å². The second kappa shape index (κ2) is 5.84. The van der Waals surface area contributed by atoms with Crippen LogP contribution in [0, 0.1) is 6.92 Å². The van der Waals surface area contributed by atoms with Crippen LogP contribution in [0.2, 0.25) is 0 Å². The zero-order chi connectivity index (χ0) is 14.0. The van der Waals surface area contributed by atoms with Crippen molar-refractivity contribution in [2.24, 2.45) is 0 Å². The van der Waals surface area contributed by atoms with Crippen molar-refractivity contribution in [3.8, 4) is 0 Å². The fourth-order valence-corrected chi connectivity index (χ4v) is 3.49. The molecule has 4 nitrogen and oxygen atoms in total. The molecule has 0 bridgehead atoms. The second-order valence-corrected chi connectivity index (χ2v) is 6.46. The summed E-state index contributed by atoms with van der Waals surface area (Å²) in [6.07, 6.45) is 0. The summed E-state index contributed by atoms with van der Waals surface area (Å²) in [5, 5.41) is 9.39. The normalized spacial score (nSPS) is 12.6. The largest absolute Gasteiger partial charge is 0.479 e. The van der Waals surface area contributed by atoms with Crippen molar-refractivity contribution in [2.75, 3.05) is 0 Å². The van der Waals surface area contributed by atoms with E-state index in [1.165, 1.54) is 23.2 Å². The van der Waals surface area contributed by atoms with Gasteiger partial charge in [0.25, 0.3) is 0 Å². The van der Waals surface area contributed by atoms with Crippen LogP contribution in [0.3, 0.4) is 0 Å². The number of amides is 1. The maximum atomic E-state index is 11.7. The highest BCUT2D eigenvalue weighted by Crippen LogP contribution is 2.34. The van der Waals surface area contributed by atoms with Crippen molar-refractivity contribution in [1.82, 2.24) is 4.90 Å². The van der Waals surface area contributed by atoms with Crippen molar-refractivity contribution in [2.45, 2.75) is 39.8 Å². The fraction of sp³-hybridized carbons (Fsp3) is 0.500. The molecule has 1 atom stereocenters. The Labute approximate surface area is 119 Å². The van der Waals surface area contributed by atoms with Crippen molar-refractivity contribution in [3.63, 3.8) is 0 Å². The van der Waals surface area contributed by atoms with Gasteiger partial charge in [0.15, 0.2) is 6.04 Å². The number of aliphatic carboxylic acids is 1. The molecule has 18 heavy (non-hydrogen) atoms. The van der Waals surface area contributed by atoms with Crippen LogP contribution in [-0.2, 0) is 9.59 Å². The van der Waals surface area contributed by atoms with Crippen molar-refractivity contribution >= 4 is 39.1 Å². The highest BCUT2D eigenvalue weighted by molar-refractivity contribution is 9.10. The van der Waals surface area contributed by atoms with Crippen LogP contribution in [0.1, 0.15) is 36.6 Å². The number of hydrogen-bond acceptors (Lipinski definition) is 3. The molecule has 0 aliphatic heterocycles. The second-order valence-electron chi connectivity index (χ2n) is 4.31. The van der Waals surface area contributed by atoms with Gasteiger partial charge in [-0.1, -0.05) is 0 Å². The number of halogens is 1.